The summed E-state index contributed by atoms with van der Waals surface area (Å²) in [4.78, 5) is 11.5. The van der Waals surface area contributed by atoms with Crippen LogP contribution in [0.1, 0.15) is 0 Å². The molecule has 2 amide bonds. The smallest absolute Gasteiger partial charge is 0.325 e. The monoisotopic (exact) mass is 168 g/mol. The third-order valence-electron chi connectivity index (χ3n) is 1.50. The second kappa shape index (κ2) is 2.28. The molecule has 1 rings (SSSR count). The SMILES string of the molecule is CN1CC(C(F)(F)F)NC1=O. The Morgan fingerprint density at radius 3 is 2.36 bits per heavy atom. The minimum absolute atomic E-state index is 0.303. The fourth-order valence-electron chi connectivity index (χ4n) is 0.847. The van der Waals surface area contributed by atoms with Crippen molar-refractivity contribution in [2.45, 2.75) is 12.2 Å². The van der Waals surface area contributed by atoms with Gasteiger partial charge in [-0.2, -0.15) is 13.2 Å². The lowest BCUT2D eigenvalue weighted by Gasteiger charge is -2.12. The second-order valence-corrected chi connectivity index (χ2v) is 2.42. The number of hydrogen-bond acceptors (Lipinski definition) is 1. The predicted molar refractivity (Wildman–Crippen MR) is 31.0 cm³/mol. The van der Waals surface area contributed by atoms with Gasteiger partial charge in [0.1, 0.15) is 6.04 Å². The number of likely N-dealkylation sites (N-methyl/N-ethyl adjacent to an activating group) is 1. The van der Waals surface area contributed by atoms with E-state index in [1.807, 2.05) is 0 Å². The normalized spacial score (nSPS) is 25.6. The van der Waals surface area contributed by atoms with E-state index in [1.165, 1.54) is 7.05 Å². The highest BCUT2D eigenvalue weighted by atomic mass is 19.4. The van der Waals surface area contributed by atoms with Gasteiger partial charge in [0, 0.05) is 7.05 Å². The molecule has 0 radical (unpaired) electrons. The molecule has 0 aromatic heterocycles. The lowest BCUT2D eigenvalue weighted by molar-refractivity contribution is -0.149. The quantitative estimate of drug-likeness (QED) is 0.563. The maximum absolute atomic E-state index is 11.9. The highest BCUT2D eigenvalue weighted by Gasteiger charge is 2.45. The van der Waals surface area contributed by atoms with E-state index in [4.69, 9.17) is 0 Å². The molecular formula is C5H7F3N2O. The van der Waals surface area contributed by atoms with Crippen LogP contribution >= 0.6 is 0 Å². The van der Waals surface area contributed by atoms with Gasteiger partial charge in [-0.3, -0.25) is 0 Å². The van der Waals surface area contributed by atoms with E-state index in [-0.39, 0.29) is 6.54 Å². The van der Waals surface area contributed by atoms with Crippen molar-refractivity contribution in [1.82, 2.24) is 10.2 Å². The highest BCUT2D eigenvalue weighted by Crippen LogP contribution is 2.23. The highest BCUT2D eigenvalue weighted by molar-refractivity contribution is 5.76. The van der Waals surface area contributed by atoms with E-state index in [2.05, 4.69) is 0 Å². The maximum atomic E-state index is 11.9. The molecule has 0 aliphatic carbocycles. The summed E-state index contributed by atoms with van der Waals surface area (Å²) in [6.45, 7) is -0.303. The molecule has 1 saturated heterocycles. The van der Waals surface area contributed by atoms with Crippen LogP contribution in [-0.4, -0.2) is 36.7 Å². The zero-order valence-electron chi connectivity index (χ0n) is 5.77. The van der Waals surface area contributed by atoms with Crippen molar-refractivity contribution < 1.29 is 18.0 Å². The number of halogens is 3. The molecule has 1 N–H and O–H groups in total. The third-order valence-corrected chi connectivity index (χ3v) is 1.50. The first-order valence-electron chi connectivity index (χ1n) is 2.99. The van der Waals surface area contributed by atoms with Crippen molar-refractivity contribution in [2.75, 3.05) is 13.6 Å². The van der Waals surface area contributed by atoms with Crippen LogP contribution in [0.15, 0.2) is 0 Å². The van der Waals surface area contributed by atoms with Crippen molar-refractivity contribution in [2.24, 2.45) is 0 Å². The maximum Gasteiger partial charge on any atom is 0.410 e. The first-order valence-corrected chi connectivity index (χ1v) is 2.99. The van der Waals surface area contributed by atoms with Crippen molar-refractivity contribution in [3.8, 4) is 0 Å². The van der Waals surface area contributed by atoms with E-state index < -0.39 is 18.2 Å². The molecule has 0 saturated carbocycles. The molecule has 0 aromatic rings. The molecule has 6 heteroatoms. The molecule has 64 valence electrons. The van der Waals surface area contributed by atoms with E-state index in [0.29, 0.717) is 0 Å². The lowest BCUT2D eigenvalue weighted by atomic mass is 10.3. The summed E-state index contributed by atoms with van der Waals surface area (Å²) >= 11 is 0. The molecule has 1 unspecified atom stereocenters. The summed E-state index contributed by atoms with van der Waals surface area (Å²) in [7, 11) is 1.32. The van der Waals surface area contributed by atoms with Crippen LogP contribution in [0.2, 0.25) is 0 Å². The average Bonchev–Trinajstić information content (AvgIpc) is 2.11. The van der Waals surface area contributed by atoms with E-state index >= 15 is 0 Å². The number of carbonyl (C=O) groups excluding carboxylic acids is 1. The number of carbonyl (C=O) groups is 1. The van der Waals surface area contributed by atoms with E-state index in [9.17, 15) is 18.0 Å². The standard InChI is InChI=1S/C5H7F3N2O/c1-10-2-3(5(6,7)8)9-4(10)11/h3H,2H2,1H3,(H,9,11). The molecule has 3 nitrogen and oxygen atoms in total. The van der Waals surface area contributed by atoms with Crippen molar-refractivity contribution >= 4 is 6.03 Å². The Morgan fingerprint density at radius 1 is 1.64 bits per heavy atom. The van der Waals surface area contributed by atoms with Crippen LogP contribution in [0.4, 0.5) is 18.0 Å². The fraction of sp³-hybridized carbons (Fsp3) is 0.800. The minimum Gasteiger partial charge on any atom is -0.325 e. The third kappa shape index (κ3) is 1.55. The zero-order chi connectivity index (χ0) is 8.65. The molecule has 0 spiro atoms. The van der Waals surface area contributed by atoms with Gasteiger partial charge < -0.3 is 10.2 Å². The molecule has 1 aliphatic heterocycles. The van der Waals surface area contributed by atoms with Crippen molar-refractivity contribution in [1.29, 1.82) is 0 Å². The van der Waals surface area contributed by atoms with Crippen LogP contribution in [-0.2, 0) is 0 Å². The Hall–Kier alpha value is -0.940. The first-order chi connectivity index (χ1) is 4.91. The number of urea groups is 1. The van der Waals surface area contributed by atoms with Crippen LogP contribution in [0.25, 0.3) is 0 Å². The number of alkyl halides is 3. The van der Waals surface area contributed by atoms with Gasteiger partial charge in [-0.05, 0) is 0 Å². The number of nitrogens with zero attached hydrogens (tertiary/aromatic N) is 1. The molecule has 0 bridgehead atoms. The number of rotatable bonds is 0. The molecule has 0 aromatic carbocycles. The van der Waals surface area contributed by atoms with Crippen LogP contribution in [0.3, 0.4) is 0 Å². The predicted octanol–water partition coefficient (Wildman–Crippen LogP) is 0.572. The Kier molecular flexibility index (Phi) is 1.69. The van der Waals surface area contributed by atoms with Crippen molar-refractivity contribution in [3.63, 3.8) is 0 Å². The minimum atomic E-state index is -4.33. The molecule has 1 fully saturated rings. The Balaban J connectivity index is 2.61. The van der Waals surface area contributed by atoms with Gasteiger partial charge >= 0.3 is 12.2 Å². The molecule has 1 heterocycles. The summed E-state index contributed by atoms with van der Waals surface area (Å²) in [6.07, 6.45) is -4.33. The van der Waals surface area contributed by atoms with Gasteiger partial charge in [0.05, 0.1) is 6.54 Å². The zero-order valence-corrected chi connectivity index (χ0v) is 5.77. The lowest BCUT2D eigenvalue weighted by Crippen LogP contribution is -2.40. The summed E-state index contributed by atoms with van der Waals surface area (Å²) in [5.41, 5.74) is 0. The van der Waals surface area contributed by atoms with Crippen LogP contribution in [0.5, 0.6) is 0 Å². The Bertz CT molecular complexity index is 179. The largest absolute Gasteiger partial charge is 0.410 e. The Labute approximate surface area is 61.2 Å². The summed E-state index contributed by atoms with van der Waals surface area (Å²) < 4.78 is 35.6. The van der Waals surface area contributed by atoms with Crippen LogP contribution < -0.4 is 5.32 Å². The summed E-state index contributed by atoms with van der Waals surface area (Å²) in [5.74, 6) is 0. The topological polar surface area (TPSA) is 32.3 Å². The molecule has 1 aliphatic rings. The average molecular weight is 168 g/mol. The van der Waals surface area contributed by atoms with Crippen LogP contribution in [0, 0.1) is 0 Å². The fourth-order valence-corrected chi connectivity index (χ4v) is 0.847. The van der Waals surface area contributed by atoms with E-state index in [1.54, 1.807) is 5.32 Å². The second-order valence-electron chi connectivity index (χ2n) is 2.42. The van der Waals surface area contributed by atoms with Gasteiger partial charge in [-0.15, -0.1) is 0 Å². The van der Waals surface area contributed by atoms with Crippen molar-refractivity contribution in [3.05, 3.63) is 0 Å². The summed E-state index contributed by atoms with van der Waals surface area (Å²) in [5, 5.41) is 1.81. The van der Waals surface area contributed by atoms with Gasteiger partial charge in [-0.1, -0.05) is 0 Å². The first kappa shape index (κ1) is 8.16. The molecule has 1 atom stereocenters. The van der Waals surface area contributed by atoms with E-state index in [0.717, 1.165) is 4.90 Å². The van der Waals surface area contributed by atoms with Gasteiger partial charge in [0.25, 0.3) is 0 Å². The van der Waals surface area contributed by atoms with Gasteiger partial charge in [0.2, 0.25) is 0 Å². The van der Waals surface area contributed by atoms with Gasteiger partial charge in [0.15, 0.2) is 0 Å². The number of nitrogens with one attached hydrogen (secondary N) is 1. The number of hydrogen-bond donors (Lipinski definition) is 1. The molecule has 11 heavy (non-hydrogen) atoms. The summed E-state index contributed by atoms with van der Waals surface area (Å²) in [6, 6.07) is -2.38. The number of amides is 2. The van der Waals surface area contributed by atoms with Gasteiger partial charge in [-0.25, -0.2) is 4.79 Å². The Morgan fingerprint density at radius 2 is 2.18 bits per heavy atom. The molecular weight excluding hydrogens is 161 g/mol.